The lowest BCUT2D eigenvalue weighted by molar-refractivity contribution is -0.139. The summed E-state index contributed by atoms with van der Waals surface area (Å²) >= 11 is 8.00. The van der Waals surface area contributed by atoms with Crippen LogP contribution in [-0.4, -0.2) is 227 Å². The van der Waals surface area contributed by atoms with Crippen molar-refractivity contribution in [3.8, 4) is 0 Å². The lowest BCUT2D eigenvalue weighted by Crippen LogP contribution is -2.59. The smallest absolute Gasteiger partial charge is 0.303 e. The fourth-order valence-corrected chi connectivity index (χ4v) is 8.63. The lowest BCUT2D eigenvalue weighted by atomic mass is 10.1. The Bertz CT molecular complexity index is 2610. The van der Waals surface area contributed by atoms with Crippen LogP contribution in [0.3, 0.4) is 0 Å². The molecule has 95 heavy (non-hydrogen) atoms. The first-order valence-electron chi connectivity index (χ1n) is 31.3. The summed E-state index contributed by atoms with van der Waals surface area (Å²) in [5, 5.41) is 53.1. The van der Waals surface area contributed by atoms with E-state index in [1.807, 2.05) is 0 Å². The number of carboxylic acid groups (broad SMARTS) is 2. The van der Waals surface area contributed by atoms with Gasteiger partial charge in [-0.2, -0.15) is 25.3 Å². The number of nitrogens with one attached hydrogen (secondary N) is 14. The Morgan fingerprint density at radius 2 is 0.516 bits per heavy atom. The van der Waals surface area contributed by atoms with E-state index in [4.69, 9.17) is 22.9 Å². The van der Waals surface area contributed by atoms with Crippen molar-refractivity contribution in [2.24, 2.45) is 22.9 Å². The third-order valence-electron chi connectivity index (χ3n) is 14.3. The molecule has 14 amide bonds. The molecule has 0 fully saturated rings. The van der Waals surface area contributed by atoms with Crippen molar-refractivity contribution in [3.05, 3.63) is 0 Å². The van der Waals surface area contributed by atoms with Gasteiger partial charge in [0.2, 0.25) is 82.7 Å². The van der Waals surface area contributed by atoms with Crippen LogP contribution in [0.2, 0.25) is 0 Å². The molecule has 0 saturated heterocycles. The van der Waals surface area contributed by atoms with E-state index in [9.17, 15) is 86.9 Å². The quantitative estimate of drug-likeness (QED) is 0.0199. The van der Waals surface area contributed by atoms with Gasteiger partial charge >= 0.3 is 11.9 Å². The minimum atomic E-state index is -1.63. The summed E-state index contributed by atoms with van der Waals surface area (Å²) in [7, 11) is 0. The van der Waals surface area contributed by atoms with Gasteiger partial charge in [0, 0.05) is 30.9 Å². The summed E-state index contributed by atoms with van der Waals surface area (Å²) in [5.74, 6) is -14.3. The largest absolute Gasteiger partial charge is 0.481 e. The third kappa shape index (κ3) is 35.4. The molecule has 14 atom stereocenters. The topological polar surface area (TPSA) is 586 Å². The number of hydrogen-bond donors (Lipinski definition) is 22. The number of thiol groups is 2. The van der Waals surface area contributed by atoms with Crippen LogP contribution >= 0.6 is 25.3 Å². The minimum Gasteiger partial charge on any atom is -0.481 e. The Morgan fingerprint density at radius 1 is 0.305 bits per heavy atom. The second-order valence-corrected chi connectivity index (χ2v) is 23.5. The Morgan fingerprint density at radius 3 is 0.758 bits per heavy atom. The first kappa shape index (κ1) is 87.1. The van der Waals surface area contributed by atoms with Crippen LogP contribution in [0.25, 0.3) is 0 Å². The molecular weight excluding hydrogens is 1290 g/mol. The van der Waals surface area contributed by atoms with Crippen molar-refractivity contribution in [1.29, 1.82) is 0 Å². The summed E-state index contributed by atoms with van der Waals surface area (Å²) in [4.78, 5) is 209. The van der Waals surface area contributed by atoms with Crippen molar-refractivity contribution >= 4 is 120 Å². The fourth-order valence-electron chi connectivity index (χ4n) is 8.35. The van der Waals surface area contributed by atoms with Crippen molar-refractivity contribution in [1.82, 2.24) is 74.4 Å². The third-order valence-corrected chi connectivity index (χ3v) is 14.9. The minimum absolute atomic E-state index is 0.0137. The number of unbranched alkanes of at least 4 members (excludes halogenated alkanes) is 3. The maximum atomic E-state index is 13.9. The zero-order chi connectivity index (χ0) is 72.7. The molecule has 0 unspecified atom stereocenters. The zero-order valence-corrected chi connectivity index (χ0v) is 56.9. The second-order valence-electron chi connectivity index (χ2n) is 22.7. The molecule has 0 rings (SSSR count). The van der Waals surface area contributed by atoms with Crippen molar-refractivity contribution in [2.75, 3.05) is 37.7 Å². The molecule has 38 heteroatoms. The summed E-state index contributed by atoms with van der Waals surface area (Å²) < 4.78 is 0. The van der Waals surface area contributed by atoms with E-state index in [0.717, 1.165) is 0 Å². The van der Waals surface area contributed by atoms with Crippen molar-refractivity contribution < 1.29 is 86.9 Å². The average Bonchev–Trinajstić information content (AvgIpc) is 1.12. The highest BCUT2D eigenvalue weighted by atomic mass is 32.1. The zero-order valence-electron chi connectivity index (χ0n) is 55.1. The summed E-state index contributed by atoms with van der Waals surface area (Å²) in [5.41, 5.74) is 22.6. The first-order valence-corrected chi connectivity index (χ1v) is 32.6. The number of amides is 14. The fraction of sp³-hybridized carbons (Fsp3) is 0.719. The lowest BCUT2D eigenvalue weighted by Gasteiger charge is -2.26. The predicted molar refractivity (Wildman–Crippen MR) is 352 cm³/mol. The summed E-state index contributed by atoms with van der Waals surface area (Å²) in [6.45, 7) is 11.3. The molecule has 24 N–H and O–H groups in total. The van der Waals surface area contributed by atoms with Gasteiger partial charge < -0.3 is 108 Å². The van der Waals surface area contributed by atoms with Gasteiger partial charge in [0.05, 0.1) is 6.04 Å². The molecular formula is C57H102N18O18S2. The van der Waals surface area contributed by atoms with Crippen LogP contribution in [0.4, 0.5) is 0 Å². The standard InChI is InChI=1S/C57H102N18O18S2/c1-28(44(80)62-25-26-94)68-53(89)37(15-9-12-22-58)71-49(85)33(6)65-45(81)29(2)63-47(83)31(4)69-54(90)40(18-20-42(76)77)74-56(92)38(16-10-13-23-59)72-50(86)34(7)66-46(82)30(3)64-48(84)32(5)70-55(91)41(19-21-43(78)79)75-57(93)39(17-11-14-24-60)73-51(87)35(8)67-52(88)36(61)27-95/h28-41,94-95H,9-27,58-61H2,1-8H3,(H,62,80)(H,63,83)(H,64,84)(H,65,81)(H,66,82)(H,67,88)(H,68,89)(H,69,90)(H,70,91)(H,71,85)(H,72,86)(H,73,87)(H,74,92)(H,75,93)(H,76,77)(H,78,79)/t28-,29-,30-,31-,32-,33-,34-,35-,36-,37-,38-,39-,40-,41-/m0/s1. The van der Waals surface area contributed by atoms with E-state index in [-0.39, 0.29) is 51.1 Å². The van der Waals surface area contributed by atoms with E-state index in [0.29, 0.717) is 44.4 Å². The second kappa shape index (κ2) is 47.0. The Kier molecular flexibility index (Phi) is 43.1. The van der Waals surface area contributed by atoms with Crippen LogP contribution in [0.15, 0.2) is 0 Å². The molecule has 0 aromatic heterocycles. The van der Waals surface area contributed by atoms with Gasteiger partial charge in [0.15, 0.2) is 0 Å². The van der Waals surface area contributed by atoms with E-state index in [2.05, 4.69) is 99.7 Å². The number of carbonyl (C=O) groups is 16. The molecule has 540 valence electrons. The number of hydrogen-bond acceptors (Lipinski definition) is 22. The molecule has 0 aliphatic carbocycles. The molecule has 36 nitrogen and oxygen atoms in total. The number of rotatable bonds is 48. The van der Waals surface area contributed by atoms with E-state index in [1.54, 1.807) is 0 Å². The molecule has 0 radical (unpaired) electrons. The van der Waals surface area contributed by atoms with Gasteiger partial charge in [-0.3, -0.25) is 76.7 Å². The Labute approximate surface area is 563 Å². The number of carbonyl (C=O) groups excluding carboxylic acids is 14. The van der Waals surface area contributed by atoms with Crippen LogP contribution in [0, 0.1) is 0 Å². The van der Waals surface area contributed by atoms with E-state index < -0.39 is 205 Å². The molecule has 0 bridgehead atoms. The van der Waals surface area contributed by atoms with Gasteiger partial charge in [-0.1, -0.05) is 0 Å². The van der Waals surface area contributed by atoms with Crippen molar-refractivity contribution in [3.63, 3.8) is 0 Å². The highest BCUT2D eigenvalue weighted by molar-refractivity contribution is 7.80. The molecule has 0 aliphatic rings. The molecule has 0 aromatic rings. The van der Waals surface area contributed by atoms with Crippen LogP contribution < -0.4 is 97.4 Å². The molecule has 0 heterocycles. The highest BCUT2D eigenvalue weighted by Crippen LogP contribution is 2.09. The van der Waals surface area contributed by atoms with Gasteiger partial charge in [-0.25, -0.2) is 0 Å². The Hall–Kier alpha value is -7.94. The molecule has 0 spiro atoms. The van der Waals surface area contributed by atoms with E-state index in [1.165, 1.54) is 55.4 Å². The summed E-state index contributed by atoms with van der Waals surface area (Å²) in [6, 6.07) is -18.5. The van der Waals surface area contributed by atoms with Crippen LogP contribution in [0.5, 0.6) is 0 Å². The normalized spacial score (nSPS) is 15.4. The van der Waals surface area contributed by atoms with Crippen LogP contribution in [0.1, 0.15) is 139 Å². The van der Waals surface area contributed by atoms with Crippen molar-refractivity contribution in [2.45, 2.75) is 223 Å². The monoisotopic (exact) mass is 1390 g/mol. The SMILES string of the molecule is C[C@H](NC(=O)[C@H](C)NC(=O)[C@H](CCC(=O)O)NC(=O)[C@H](CCCCN)NC(=O)[C@H](C)NC(=O)[C@H](C)NC(=O)[C@H](C)NC(=O)[C@H](CCC(=O)O)NC(=O)[C@H](CCCCN)NC(=O)[C@H](C)NC(=O)[C@@H](N)CS)C(=O)N[C@@H](C)C(=O)N[C@@H](CCCCN)C(=O)N[C@@H](C)C(=O)NCCS. The van der Waals surface area contributed by atoms with E-state index >= 15 is 0 Å². The van der Waals surface area contributed by atoms with Gasteiger partial charge in [0.1, 0.15) is 78.5 Å². The predicted octanol–water partition coefficient (Wildman–Crippen LogP) is -7.13. The number of nitrogens with two attached hydrogens (primary N) is 4. The number of aliphatic carboxylic acids is 2. The number of carboxylic acids is 2. The van der Waals surface area contributed by atoms with Gasteiger partial charge in [-0.15, -0.1) is 0 Å². The Balaban J connectivity index is 6.03. The maximum absolute atomic E-state index is 13.9. The van der Waals surface area contributed by atoms with Crippen LogP contribution in [-0.2, 0) is 76.7 Å². The highest BCUT2D eigenvalue weighted by Gasteiger charge is 2.35. The molecule has 0 aliphatic heterocycles. The maximum Gasteiger partial charge on any atom is 0.303 e. The van der Waals surface area contributed by atoms with Gasteiger partial charge in [0.25, 0.3) is 0 Å². The first-order chi connectivity index (χ1) is 44.6. The van der Waals surface area contributed by atoms with Gasteiger partial charge in [-0.05, 0) is 146 Å². The molecule has 0 aromatic carbocycles. The summed E-state index contributed by atoms with van der Waals surface area (Å²) in [6.07, 6.45) is 0.118. The molecule has 0 saturated carbocycles. The average molecular weight is 1390 g/mol.